The van der Waals surface area contributed by atoms with E-state index in [1.807, 2.05) is 18.2 Å². The predicted octanol–water partition coefficient (Wildman–Crippen LogP) is 4.09. The van der Waals surface area contributed by atoms with Crippen LogP contribution in [0.2, 0.25) is 0 Å². The van der Waals surface area contributed by atoms with Gasteiger partial charge in [0.2, 0.25) is 0 Å². The second-order valence-electron chi connectivity index (χ2n) is 6.53. The molecule has 0 saturated carbocycles. The van der Waals surface area contributed by atoms with Crippen molar-refractivity contribution in [1.82, 2.24) is 0 Å². The molecule has 0 saturated heterocycles. The Morgan fingerprint density at radius 1 is 1.29 bits per heavy atom. The van der Waals surface area contributed by atoms with Crippen molar-refractivity contribution in [3.05, 3.63) is 47.5 Å². The van der Waals surface area contributed by atoms with Crippen LogP contribution in [-0.4, -0.2) is 23.3 Å². The van der Waals surface area contributed by atoms with Gasteiger partial charge in [0.1, 0.15) is 11.5 Å². The average molecular weight is 326 g/mol. The topological polar surface area (TPSA) is 55.8 Å². The highest BCUT2D eigenvalue weighted by Gasteiger charge is 2.31. The third-order valence-corrected chi connectivity index (χ3v) is 4.32. The molecule has 4 heteroatoms. The third-order valence-electron chi connectivity index (χ3n) is 4.32. The first-order chi connectivity index (χ1) is 11.4. The minimum absolute atomic E-state index is 0.538. The molecule has 3 rings (SSSR count). The number of hydrogen-bond acceptors (Lipinski definition) is 3. The van der Waals surface area contributed by atoms with Gasteiger partial charge in [0.05, 0.1) is 6.61 Å². The SMILES string of the molecule is CCc1cccc(-c2cc3c(cc2OC(C)(C)C(=O)O)OCC3)c1. The Morgan fingerprint density at radius 2 is 2.08 bits per heavy atom. The van der Waals surface area contributed by atoms with E-state index in [9.17, 15) is 9.90 Å². The lowest BCUT2D eigenvalue weighted by Crippen LogP contribution is -2.38. The van der Waals surface area contributed by atoms with Crippen LogP contribution in [0.1, 0.15) is 31.9 Å². The van der Waals surface area contributed by atoms with E-state index < -0.39 is 11.6 Å². The highest BCUT2D eigenvalue weighted by molar-refractivity contribution is 5.79. The zero-order valence-corrected chi connectivity index (χ0v) is 14.3. The van der Waals surface area contributed by atoms with Gasteiger partial charge in [-0.1, -0.05) is 31.2 Å². The van der Waals surface area contributed by atoms with Crippen molar-refractivity contribution in [1.29, 1.82) is 0 Å². The Hall–Kier alpha value is -2.49. The number of aliphatic carboxylic acids is 1. The van der Waals surface area contributed by atoms with Gasteiger partial charge in [0, 0.05) is 18.1 Å². The molecule has 4 nitrogen and oxygen atoms in total. The largest absolute Gasteiger partial charge is 0.493 e. The summed E-state index contributed by atoms with van der Waals surface area (Å²) < 4.78 is 11.5. The van der Waals surface area contributed by atoms with E-state index in [4.69, 9.17) is 9.47 Å². The minimum atomic E-state index is -1.32. The second-order valence-corrected chi connectivity index (χ2v) is 6.53. The highest BCUT2D eigenvalue weighted by atomic mass is 16.5. The molecule has 2 aromatic rings. The maximum absolute atomic E-state index is 11.5. The lowest BCUT2D eigenvalue weighted by atomic mass is 9.98. The second kappa shape index (κ2) is 6.19. The molecule has 0 fully saturated rings. The van der Waals surface area contributed by atoms with Crippen molar-refractivity contribution in [2.24, 2.45) is 0 Å². The summed E-state index contributed by atoms with van der Waals surface area (Å²) in [6.45, 7) is 5.86. The minimum Gasteiger partial charge on any atom is -0.493 e. The zero-order valence-electron chi connectivity index (χ0n) is 14.3. The summed E-state index contributed by atoms with van der Waals surface area (Å²) >= 11 is 0. The Kier molecular flexibility index (Phi) is 4.22. The normalized spacial score (nSPS) is 13.3. The Balaban J connectivity index is 2.11. The molecular formula is C20H22O4. The molecule has 0 spiro atoms. The standard InChI is InChI=1S/C20H22O4/c1-4-13-6-5-7-14(10-13)16-11-15-8-9-23-17(15)12-18(16)24-20(2,3)19(21)22/h5-7,10-12H,4,8-9H2,1-3H3,(H,21,22). The summed E-state index contributed by atoms with van der Waals surface area (Å²) in [6, 6.07) is 12.1. The van der Waals surface area contributed by atoms with Crippen molar-refractivity contribution in [2.45, 2.75) is 39.2 Å². The molecule has 24 heavy (non-hydrogen) atoms. The molecule has 1 aliphatic heterocycles. The number of carboxylic acids is 1. The van der Waals surface area contributed by atoms with Crippen LogP contribution >= 0.6 is 0 Å². The van der Waals surface area contributed by atoms with Crippen LogP contribution < -0.4 is 9.47 Å². The smallest absolute Gasteiger partial charge is 0.347 e. The molecule has 1 aliphatic rings. The fourth-order valence-corrected chi connectivity index (χ4v) is 2.79. The van der Waals surface area contributed by atoms with Crippen LogP contribution in [0.5, 0.6) is 11.5 Å². The maximum Gasteiger partial charge on any atom is 0.347 e. The number of benzene rings is 2. The quantitative estimate of drug-likeness (QED) is 0.899. The summed E-state index contributed by atoms with van der Waals surface area (Å²) in [7, 11) is 0. The molecule has 0 aromatic heterocycles. The summed E-state index contributed by atoms with van der Waals surface area (Å²) in [6.07, 6.45) is 1.80. The van der Waals surface area contributed by atoms with E-state index in [-0.39, 0.29) is 0 Å². The molecule has 0 amide bonds. The lowest BCUT2D eigenvalue weighted by molar-refractivity contribution is -0.152. The Morgan fingerprint density at radius 3 is 2.79 bits per heavy atom. The van der Waals surface area contributed by atoms with Gasteiger partial charge in [-0.2, -0.15) is 0 Å². The van der Waals surface area contributed by atoms with Crippen LogP contribution in [-0.2, 0) is 17.6 Å². The van der Waals surface area contributed by atoms with Crippen LogP contribution in [0.3, 0.4) is 0 Å². The van der Waals surface area contributed by atoms with Crippen molar-refractivity contribution in [3.63, 3.8) is 0 Å². The fraction of sp³-hybridized carbons (Fsp3) is 0.350. The van der Waals surface area contributed by atoms with E-state index in [0.29, 0.717) is 12.4 Å². The summed E-state index contributed by atoms with van der Waals surface area (Å²) in [5.74, 6) is 0.315. The van der Waals surface area contributed by atoms with Gasteiger partial charge < -0.3 is 14.6 Å². The number of ether oxygens (including phenoxy) is 2. The zero-order chi connectivity index (χ0) is 17.3. The molecule has 126 valence electrons. The van der Waals surface area contributed by atoms with Crippen LogP contribution in [0, 0.1) is 0 Å². The Labute approximate surface area is 142 Å². The first-order valence-electron chi connectivity index (χ1n) is 8.22. The maximum atomic E-state index is 11.5. The predicted molar refractivity (Wildman–Crippen MR) is 92.8 cm³/mol. The van der Waals surface area contributed by atoms with Crippen LogP contribution in [0.25, 0.3) is 11.1 Å². The first kappa shape index (κ1) is 16.4. The molecule has 0 radical (unpaired) electrons. The molecule has 0 bridgehead atoms. The number of aryl methyl sites for hydroxylation is 1. The molecule has 2 aromatic carbocycles. The van der Waals surface area contributed by atoms with Gasteiger partial charge in [-0.3, -0.25) is 0 Å². The molecule has 1 heterocycles. The van der Waals surface area contributed by atoms with Crippen LogP contribution in [0.4, 0.5) is 0 Å². The van der Waals surface area contributed by atoms with Crippen LogP contribution in [0.15, 0.2) is 36.4 Å². The summed E-state index contributed by atoms with van der Waals surface area (Å²) in [5, 5.41) is 9.38. The van der Waals surface area contributed by atoms with Crippen molar-refractivity contribution < 1.29 is 19.4 Å². The van der Waals surface area contributed by atoms with Gasteiger partial charge in [0.15, 0.2) is 5.60 Å². The van der Waals surface area contributed by atoms with E-state index >= 15 is 0 Å². The lowest BCUT2D eigenvalue weighted by Gasteiger charge is -2.24. The van der Waals surface area contributed by atoms with Crippen molar-refractivity contribution in [3.8, 4) is 22.6 Å². The number of hydrogen-bond donors (Lipinski definition) is 1. The molecule has 1 N–H and O–H groups in total. The fourth-order valence-electron chi connectivity index (χ4n) is 2.79. The number of fused-ring (bicyclic) bond motifs is 1. The van der Waals surface area contributed by atoms with E-state index in [0.717, 1.165) is 35.3 Å². The van der Waals surface area contributed by atoms with E-state index in [1.165, 1.54) is 5.56 Å². The third kappa shape index (κ3) is 3.09. The number of carbonyl (C=O) groups is 1. The molecule has 0 aliphatic carbocycles. The highest BCUT2D eigenvalue weighted by Crippen LogP contribution is 2.40. The molecule has 0 unspecified atom stereocenters. The van der Waals surface area contributed by atoms with Gasteiger partial charge in [0.25, 0.3) is 0 Å². The van der Waals surface area contributed by atoms with Gasteiger partial charge in [-0.15, -0.1) is 0 Å². The number of rotatable bonds is 5. The molecule has 0 atom stereocenters. The first-order valence-corrected chi connectivity index (χ1v) is 8.22. The summed E-state index contributed by atoms with van der Waals surface area (Å²) in [4.78, 5) is 11.5. The monoisotopic (exact) mass is 326 g/mol. The van der Waals surface area contributed by atoms with Gasteiger partial charge in [-0.05, 0) is 43.0 Å². The van der Waals surface area contributed by atoms with E-state index in [2.05, 4.69) is 25.1 Å². The molecular weight excluding hydrogens is 304 g/mol. The van der Waals surface area contributed by atoms with Crippen molar-refractivity contribution in [2.75, 3.05) is 6.61 Å². The number of carboxylic acid groups (broad SMARTS) is 1. The van der Waals surface area contributed by atoms with Crippen molar-refractivity contribution >= 4 is 5.97 Å². The van der Waals surface area contributed by atoms with Gasteiger partial charge >= 0.3 is 5.97 Å². The Bertz CT molecular complexity index is 777. The van der Waals surface area contributed by atoms with Gasteiger partial charge in [-0.25, -0.2) is 4.79 Å². The average Bonchev–Trinajstić information content (AvgIpc) is 3.01. The van der Waals surface area contributed by atoms with E-state index in [1.54, 1.807) is 13.8 Å². The summed E-state index contributed by atoms with van der Waals surface area (Å²) in [5.41, 5.74) is 2.98.